The van der Waals surface area contributed by atoms with Gasteiger partial charge in [-0.05, 0) is 30.9 Å². The van der Waals surface area contributed by atoms with Crippen LogP contribution in [0.5, 0.6) is 5.75 Å². The Morgan fingerprint density at radius 3 is 2.68 bits per heavy atom. The van der Waals surface area contributed by atoms with Crippen LogP contribution in [0.1, 0.15) is 37.8 Å². The monoisotopic (exact) mass is 382 g/mol. The van der Waals surface area contributed by atoms with Crippen molar-refractivity contribution in [3.8, 4) is 5.75 Å². The molecule has 4 rings (SSSR count). The number of hydrogen-bond acceptors (Lipinski definition) is 5. The lowest BCUT2D eigenvalue weighted by molar-refractivity contribution is -0.117. The van der Waals surface area contributed by atoms with Crippen molar-refractivity contribution < 1.29 is 9.53 Å². The van der Waals surface area contributed by atoms with Crippen LogP contribution in [-0.4, -0.2) is 42.6 Å². The first-order valence-electron chi connectivity index (χ1n) is 9.84. The van der Waals surface area contributed by atoms with Gasteiger partial charge in [-0.25, -0.2) is 4.98 Å². The van der Waals surface area contributed by atoms with Gasteiger partial charge in [-0.1, -0.05) is 19.1 Å². The number of anilines is 2. The summed E-state index contributed by atoms with van der Waals surface area (Å²) < 4.78 is 5.40. The van der Waals surface area contributed by atoms with Gasteiger partial charge in [-0.2, -0.15) is 0 Å². The standard InChI is InChI=1S/C21H26N4O3/c1-14-7-9-24(10-8-14)21-22-16(12-19(26)23-21)15-11-20(27)25(13-15)17-5-3-4-6-18(17)28-2/h3-6,12,14-15H,7-11,13H2,1-2H3,(H,22,23,26). The number of para-hydroxylation sites is 2. The second-order valence-corrected chi connectivity index (χ2v) is 7.74. The van der Waals surface area contributed by atoms with Crippen molar-refractivity contribution in [3.05, 3.63) is 46.4 Å². The Labute approximate surface area is 164 Å². The second kappa shape index (κ2) is 7.66. The van der Waals surface area contributed by atoms with E-state index in [0.717, 1.165) is 31.6 Å². The van der Waals surface area contributed by atoms with Gasteiger partial charge in [-0.3, -0.25) is 14.6 Å². The van der Waals surface area contributed by atoms with E-state index in [1.807, 2.05) is 24.3 Å². The lowest BCUT2D eigenvalue weighted by Gasteiger charge is -2.30. The van der Waals surface area contributed by atoms with E-state index in [2.05, 4.69) is 16.8 Å². The molecule has 1 aromatic heterocycles. The molecule has 2 aromatic rings. The Morgan fingerprint density at radius 2 is 1.93 bits per heavy atom. The third-order valence-electron chi connectivity index (χ3n) is 5.75. The average Bonchev–Trinajstić information content (AvgIpc) is 3.09. The number of aromatic amines is 1. The molecule has 1 atom stereocenters. The fraction of sp³-hybridized carbons (Fsp3) is 0.476. The predicted octanol–water partition coefficient (Wildman–Crippen LogP) is 2.54. The highest BCUT2D eigenvalue weighted by Gasteiger charge is 2.34. The Hall–Kier alpha value is -2.83. The number of hydrogen-bond donors (Lipinski definition) is 1. The van der Waals surface area contributed by atoms with E-state index in [1.54, 1.807) is 12.0 Å². The van der Waals surface area contributed by atoms with E-state index < -0.39 is 0 Å². The largest absolute Gasteiger partial charge is 0.495 e. The molecule has 7 nitrogen and oxygen atoms in total. The number of carbonyl (C=O) groups is 1. The number of carbonyl (C=O) groups excluding carboxylic acids is 1. The molecule has 2 aliphatic heterocycles. The van der Waals surface area contributed by atoms with Crippen LogP contribution in [0.4, 0.5) is 11.6 Å². The van der Waals surface area contributed by atoms with Gasteiger partial charge in [0.2, 0.25) is 11.9 Å². The number of methoxy groups -OCH3 is 1. The van der Waals surface area contributed by atoms with Crippen LogP contribution in [-0.2, 0) is 4.79 Å². The number of benzene rings is 1. The lowest BCUT2D eigenvalue weighted by Crippen LogP contribution is -2.35. The maximum atomic E-state index is 12.7. The van der Waals surface area contributed by atoms with Gasteiger partial charge in [0.15, 0.2) is 0 Å². The summed E-state index contributed by atoms with van der Waals surface area (Å²) in [5, 5.41) is 0. The molecule has 0 radical (unpaired) electrons. The summed E-state index contributed by atoms with van der Waals surface area (Å²) in [6.45, 7) is 4.53. The summed E-state index contributed by atoms with van der Waals surface area (Å²) in [6.07, 6.45) is 2.53. The topological polar surface area (TPSA) is 78.5 Å². The van der Waals surface area contributed by atoms with Crippen LogP contribution in [0.15, 0.2) is 35.1 Å². The normalized spacial score (nSPS) is 20.6. The van der Waals surface area contributed by atoms with E-state index in [0.29, 0.717) is 36.3 Å². The van der Waals surface area contributed by atoms with Crippen LogP contribution in [0, 0.1) is 5.92 Å². The first kappa shape index (κ1) is 18.5. The molecule has 3 heterocycles. The zero-order chi connectivity index (χ0) is 19.7. The highest BCUT2D eigenvalue weighted by Crippen LogP contribution is 2.36. The summed E-state index contributed by atoms with van der Waals surface area (Å²) in [7, 11) is 1.60. The van der Waals surface area contributed by atoms with Crippen molar-refractivity contribution in [2.24, 2.45) is 5.92 Å². The molecule has 7 heteroatoms. The Bertz CT molecular complexity index is 918. The van der Waals surface area contributed by atoms with Crippen LogP contribution >= 0.6 is 0 Å². The summed E-state index contributed by atoms with van der Waals surface area (Å²) in [6, 6.07) is 9.02. The molecule has 0 bridgehead atoms. The fourth-order valence-electron chi connectivity index (χ4n) is 4.03. The number of nitrogens with zero attached hydrogens (tertiary/aromatic N) is 3. The highest BCUT2D eigenvalue weighted by molar-refractivity contribution is 5.97. The SMILES string of the molecule is COc1ccccc1N1CC(c2cc(=O)[nH]c(N3CCC(C)CC3)n2)CC1=O. The number of ether oxygens (including phenoxy) is 1. The maximum Gasteiger partial charge on any atom is 0.252 e. The molecule has 28 heavy (non-hydrogen) atoms. The van der Waals surface area contributed by atoms with Gasteiger partial charge in [0, 0.05) is 38.0 Å². The molecule has 0 saturated carbocycles. The van der Waals surface area contributed by atoms with Crippen LogP contribution in [0.2, 0.25) is 0 Å². The molecule has 2 saturated heterocycles. The van der Waals surface area contributed by atoms with Gasteiger partial charge in [-0.15, -0.1) is 0 Å². The minimum Gasteiger partial charge on any atom is -0.495 e. The van der Waals surface area contributed by atoms with Gasteiger partial charge in [0.25, 0.3) is 5.56 Å². The fourth-order valence-corrected chi connectivity index (χ4v) is 4.03. The molecular formula is C21H26N4O3. The smallest absolute Gasteiger partial charge is 0.252 e. The number of rotatable bonds is 4. The van der Waals surface area contributed by atoms with Crippen molar-refractivity contribution in [2.45, 2.75) is 32.1 Å². The van der Waals surface area contributed by atoms with Crippen LogP contribution in [0.3, 0.4) is 0 Å². The third kappa shape index (κ3) is 3.61. The van der Waals surface area contributed by atoms with Crippen molar-refractivity contribution in [1.29, 1.82) is 0 Å². The van der Waals surface area contributed by atoms with Gasteiger partial charge in [0.05, 0.1) is 18.5 Å². The highest BCUT2D eigenvalue weighted by atomic mass is 16.5. The van der Waals surface area contributed by atoms with Gasteiger partial charge >= 0.3 is 0 Å². The van der Waals surface area contributed by atoms with E-state index in [9.17, 15) is 9.59 Å². The van der Waals surface area contributed by atoms with E-state index in [-0.39, 0.29) is 17.4 Å². The minimum absolute atomic E-state index is 0.0185. The van der Waals surface area contributed by atoms with E-state index >= 15 is 0 Å². The molecule has 0 aliphatic carbocycles. The average molecular weight is 382 g/mol. The summed E-state index contributed by atoms with van der Waals surface area (Å²) in [4.78, 5) is 36.4. The second-order valence-electron chi connectivity index (χ2n) is 7.74. The summed E-state index contributed by atoms with van der Waals surface area (Å²) in [5.41, 5.74) is 1.28. The molecule has 1 aromatic carbocycles. The Kier molecular flexibility index (Phi) is 5.07. The molecule has 148 valence electrons. The molecule has 2 fully saturated rings. The van der Waals surface area contributed by atoms with Crippen molar-refractivity contribution >= 4 is 17.5 Å². The third-order valence-corrected chi connectivity index (χ3v) is 5.75. The zero-order valence-electron chi connectivity index (χ0n) is 16.4. The molecule has 1 amide bonds. The first-order chi connectivity index (χ1) is 13.5. The van der Waals surface area contributed by atoms with Gasteiger partial charge in [0.1, 0.15) is 5.75 Å². The quantitative estimate of drug-likeness (QED) is 0.879. The number of amides is 1. The van der Waals surface area contributed by atoms with Crippen LogP contribution < -0.4 is 20.1 Å². The summed E-state index contributed by atoms with van der Waals surface area (Å²) in [5.74, 6) is 1.90. The maximum absolute atomic E-state index is 12.7. The first-order valence-corrected chi connectivity index (χ1v) is 9.84. The molecule has 1 unspecified atom stereocenters. The summed E-state index contributed by atoms with van der Waals surface area (Å²) >= 11 is 0. The number of aromatic nitrogens is 2. The molecule has 2 aliphatic rings. The van der Waals surface area contributed by atoms with Crippen molar-refractivity contribution in [3.63, 3.8) is 0 Å². The van der Waals surface area contributed by atoms with Crippen molar-refractivity contribution in [2.75, 3.05) is 36.5 Å². The Morgan fingerprint density at radius 1 is 1.18 bits per heavy atom. The van der Waals surface area contributed by atoms with Crippen LogP contribution in [0.25, 0.3) is 0 Å². The number of piperidine rings is 1. The number of nitrogens with one attached hydrogen (secondary N) is 1. The molecular weight excluding hydrogens is 356 g/mol. The van der Waals surface area contributed by atoms with E-state index in [4.69, 9.17) is 9.72 Å². The lowest BCUT2D eigenvalue weighted by atomic mass is 9.99. The number of H-pyrrole nitrogens is 1. The molecule has 0 spiro atoms. The minimum atomic E-state index is -0.165. The zero-order valence-corrected chi connectivity index (χ0v) is 16.4. The Balaban J connectivity index is 1.58. The van der Waals surface area contributed by atoms with Gasteiger partial charge < -0.3 is 14.5 Å². The molecule has 1 N–H and O–H groups in total. The van der Waals surface area contributed by atoms with Crippen molar-refractivity contribution in [1.82, 2.24) is 9.97 Å². The van der Waals surface area contributed by atoms with E-state index in [1.165, 1.54) is 6.07 Å². The predicted molar refractivity (Wildman–Crippen MR) is 108 cm³/mol.